The number of alkyl halides is 3. The van der Waals surface area contributed by atoms with Gasteiger partial charge in [-0.2, -0.15) is 13.2 Å². The van der Waals surface area contributed by atoms with Crippen LogP contribution < -0.4 is 15.4 Å². The number of nitrogens with zero attached hydrogens (tertiary/aromatic N) is 2. The standard InChI is InChI=1S/C24H22ClF3N4O2S.ClH/c1-14-7-8-29-22-20(21(14)35-10-9-33)23(31-13-30-22)32-16-5-6-19(18(25)12-16)34-17-4-2-3-15(11-17)24(26,27)28;/h2-6,11-13,33H,7-10H2,1H3,(H2,29,30,31,32);1H. The average molecular weight is 559 g/mol. The van der Waals surface area contributed by atoms with Crippen LogP contribution in [-0.2, 0) is 6.18 Å². The molecule has 0 saturated heterocycles. The summed E-state index contributed by atoms with van der Waals surface area (Å²) in [4.78, 5) is 9.80. The molecule has 0 fully saturated rings. The Morgan fingerprint density at radius 1 is 1.19 bits per heavy atom. The van der Waals surface area contributed by atoms with Gasteiger partial charge in [0.2, 0.25) is 0 Å². The van der Waals surface area contributed by atoms with E-state index in [0.29, 0.717) is 23.1 Å². The van der Waals surface area contributed by atoms with Crippen LogP contribution in [0.2, 0.25) is 5.02 Å². The van der Waals surface area contributed by atoms with Gasteiger partial charge >= 0.3 is 6.18 Å². The Balaban J connectivity index is 0.00000361. The molecule has 4 rings (SSSR count). The Labute approximate surface area is 221 Å². The van der Waals surface area contributed by atoms with E-state index < -0.39 is 11.7 Å². The zero-order valence-electron chi connectivity index (χ0n) is 19.0. The number of anilines is 3. The van der Waals surface area contributed by atoms with Crippen LogP contribution in [0.3, 0.4) is 0 Å². The molecule has 0 spiro atoms. The Hall–Kier alpha value is -2.66. The number of nitrogens with one attached hydrogen (secondary N) is 2. The highest BCUT2D eigenvalue weighted by atomic mass is 35.5. The molecule has 2 aromatic carbocycles. The molecule has 0 atom stereocenters. The van der Waals surface area contributed by atoms with E-state index >= 15 is 0 Å². The van der Waals surface area contributed by atoms with Crippen LogP contribution >= 0.6 is 35.8 Å². The summed E-state index contributed by atoms with van der Waals surface area (Å²) in [5.74, 6) is 2.03. The zero-order valence-corrected chi connectivity index (χ0v) is 21.4. The fraction of sp³-hybridized carbons (Fsp3) is 0.250. The molecule has 0 saturated carbocycles. The Bertz CT molecular complexity index is 1260. The van der Waals surface area contributed by atoms with Gasteiger partial charge in [0, 0.05) is 22.9 Å². The van der Waals surface area contributed by atoms with E-state index in [-0.39, 0.29) is 35.5 Å². The highest BCUT2D eigenvalue weighted by Crippen LogP contribution is 2.42. The molecule has 0 unspecified atom stereocenters. The van der Waals surface area contributed by atoms with Gasteiger partial charge in [-0.25, -0.2) is 9.97 Å². The molecular weight excluding hydrogens is 536 g/mol. The number of halogens is 5. The quantitative estimate of drug-likeness (QED) is 0.279. The van der Waals surface area contributed by atoms with Gasteiger partial charge in [-0.15, -0.1) is 24.2 Å². The summed E-state index contributed by atoms with van der Waals surface area (Å²) in [5, 5.41) is 16.1. The third-order valence-electron chi connectivity index (χ3n) is 5.18. The monoisotopic (exact) mass is 558 g/mol. The predicted octanol–water partition coefficient (Wildman–Crippen LogP) is 7.38. The molecule has 3 N–H and O–H groups in total. The van der Waals surface area contributed by atoms with Crippen LogP contribution in [0.5, 0.6) is 11.5 Å². The minimum absolute atomic E-state index is 0. The van der Waals surface area contributed by atoms with Gasteiger partial charge in [0.15, 0.2) is 0 Å². The van der Waals surface area contributed by atoms with Crippen molar-refractivity contribution >= 4 is 58.0 Å². The van der Waals surface area contributed by atoms with Crippen LogP contribution in [0.1, 0.15) is 24.5 Å². The number of thioether (sulfide) groups is 1. The minimum Gasteiger partial charge on any atom is -0.456 e. The van der Waals surface area contributed by atoms with Crippen LogP contribution in [0.4, 0.5) is 30.5 Å². The Kier molecular flexibility index (Phi) is 9.35. The third-order valence-corrected chi connectivity index (χ3v) is 6.70. The molecule has 192 valence electrons. The predicted molar refractivity (Wildman–Crippen MR) is 141 cm³/mol. The maximum Gasteiger partial charge on any atom is 0.416 e. The lowest BCUT2D eigenvalue weighted by atomic mass is 10.1. The topological polar surface area (TPSA) is 79.3 Å². The molecule has 0 bridgehead atoms. The molecule has 1 aliphatic heterocycles. The largest absolute Gasteiger partial charge is 0.456 e. The third kappa shape index (κ3) is 6.56. The summed E-state index contributed by atoms with van der Waals surface area (Å²) >= 11 is 7.93. The second-order valence-electron chi connectivity index (χ2n) is 7.70. The Morgan fingerprint density at radius 3 is 2.72 bits per heavy atom. The lowest BCUT2D eigenvalue weighted by molar-refractivity contribution is -0.137. The summed E-state index contributed by atoms with van der Waals surface area (Å²) in [5.41, 5.74) is 1.78. The van der Waals surface area contributed by atoms with Crippen molar-refractivity contribution in [3.63, 3.8) is 0 Å². The molecular formula is C24H23Cl2F3N4O2S. The SMILES string of the molecule is CC1=C(SCCO)c2c(ncnc2Nc2ccc(Oc3cccc(C(F)(F)F)c3)c(Cl)c2)NCC1.Cl. The normalized spacial score (nSPS) is 13.3. The van der Waals surface area contributed by atoms with Crippen molar-refractivity contribution in [2.45, 2.75) is 19.5 Å². The second kappa shape index (κ2) is 12.1. The van der Waals surface area contributed by atoms with Crippen molar-refractivity contribution in [3.8, 4) is 11.5 Å². The number of aliphatic hydroxyl groups excluding tert-OH is 1. The molecule has 0 aliphatic carbocycles. The molecule has 12 heteroatoms. The number of fused-ring (bicyclic) bond motifs is 1. The van der Waals surface area contributed by atoms with Crippen molar-refractivity contribution < 1.29 is 23.0 Å². The zero-order chi connectivity index (χ0) is 25.0. The number of ether oxygens (including phenoxy) is 1. The van der Waals surface area contributed by atoms with Crippen molar-refractivity contribution in [2.75, 3.05) is 29.5 Å². The van der Waals surface area contributed by atoms with Crippen LogP contribution in [-0.4, -0.2) is 34.0 Å². The first-order chi connectivity index (χ1) is 16.8. The van der Waals surface area contributed by atoms with Crippen LogP contribution in [0.25, 0.3) is 4.91 Å². The molecule has 1 aliphatic rings. The first-order valence-electron chi connectivity index (χ1n) is 10.7. The number of aliphatic hydroxyl groups is 1. The summed E-state index contributed by atoms with van der Waals surface area (Å²) < 4.78 is 44.6. The van der Waals surface area contributed by atoms with E-state index in [0.717, 1.165) is 41.1 Å². The van der Waals surface area contributed by atoms with Gasteiger partial charge in [-0.05, 0) is 49.7 Å². The van der Waals surface area contributed by atoms with Gasteiger partial charge in [-0.1, -0.05) is 23.2 Å². The van der Waals surface area contributed by atoms with Crippen molar-refractivity contribution in [2.24, 2.45) is 0 Å². The van der Waals surface area contributed by atoms with Gasteiger partial charge in [-0.3, -0.25) is 0 Å². The molecule has 36 heavy (non-hydrogen) atoms. The molecule has 3 aromatic rings. The summed E-state index contributed by atoms with van der Waals surface area (Å²) in [7, 11) is 0. The lowest BCUT2D eigenvalue weighted by Crippen LogP contribution is -2.06. The summed E-state index contributed by atoms with van der Waals surface area (Å²) in [6.07, 6.45) is -2.19. The summed E-state index contributed by atoms with van der Waals surface area (Å²) in [6, 6.07) is 9.49. The fourth-order valence-corrected chi connectivity index (χ4v) is 4.73. The number of aromatic nitrogens is 2. The van der Waals surface area contributed by atoms with E-state index in [1.807, 2.05) is 6.92 Å². The van der Waals surface area contributed by atoms with Crippen LogP contribution in [0.15, 0.2) is 54.4 Å². The molecule has 1 aromatic heterocycles. The molecule has 6 nitrogen and oxygen atoms in total. The van der Waals surface area contributed by atoms with Crippen molar-refractivity contribution in [1.82, 2.24) is 9.97 Å². The lowest BCUT2D eigenvalue weighted by Gasteiger charge is -2.17. The van der Waals surface area contributed by atoms with E-state index in [1.54, 1.807) is 18.2 Å². The smallest absolute Gasteiger partial charge is 0.416 e. The van der Waals surface area contributed by atoms with Gasteiger partial charge in [0.25, 0.3) is 0 Å². The highest BCUT2D eigenvalue weighted by Gasteiger charge is 2.30. The maximum atomic E-state index is 13.0. The summed E-state index contributed by atoms with van der Waals surface area (Å²) in [6.45, 7) is 2.82. The van der Waals surface area contributed by atoms with Crippen LogP contribution in [0, 0.1) is 0 Å². The maximum absolute atomic E-state index is 13.0. The van der Waals surface area contributed by atoms with E-state index in [4.69, 9.17) is 16.3 Å². The van der Waals surface area contributed by atoms with Gasteiger partial charge in [0.05, 0.1) is 22.8 Å². The number of hydrogen-bond acceptors (Lipinski definition) is 7. The van der Waals surface area contributed by atoms with Gasteiger partial charge < -0.3 is 20.5 Å². The van der Waals surface area contributed by atoms with E-state index in [1.165, 1.54) is 30.2 Å². The minimum atomic E-state index is -4.47. The average Bonchev–Trinajstić information content (AvgIpc) is 2.98. The first kappa shape index (κ1) is 27.9. The Morgan fingerprint density at radius 2 is 2.00 bits per heavy atom. The van der Waals surface area contributed by atoms with Gasteiger partial charge in [0.1, 0.15) is 29.5 Å². The van der Waals surface area contributed by atoms with E-state index in [2.05, 4.69) is 20.6 Å². The second-order valence-corrected chi connectivity index (χ2v) is 9.21. The highest BCUT2D eigenvalue weighted by molar-refractivity contribution is 8.08. The number of benzene rings is 2. The number of hydrogen-bond donors (Lipinski definition) is 3. The first-order valence-corrected chi connectivity index (χ1v) is 12.1. The number of rotatable bonds is 7. The van der Waals surface area contributed by atoms with Crippen molar-refractivity contribution in [3.05, 3.63) is 70.5 Å². The fourth-order valence-electron chi connectivity index (χ4n) is 3.53. The molecule has 0 radical (unpaired) electrons. The van der Waals surface area contributed by atoms with E-state index in [9.17, 15) is 18.3 Å². The van der Waals surface area contributed by atoms with Crippen molar-refractivity contribution in [1.29, 1.82) is 0 Å². The molecule has 0 amide bonds. The molecule has 2 heterocycles.